The Morgan fingerprint density at radius 2 is 1.81 bits per heavy atom. The molecule has 0 aromatic heterocycles. The number of nitrogens with zero attached hydrogens (tertiary/aromatic N) is 1. The monoisotopic (exact) mass is 379 g/mol. The summed E-state index contributed by atoms with van der Waals surface area (Å²) >= 11 is 0. The van der Waals surface area contributed by atoms with Crippen molar-refractivity contribution in [1.82, 2.24) is 15.5 Å². The number of benzene rings is 1. The fourth-order valence-electron chi connectivity index (χ4n) is 2.81. The van der Waals surface area contributed by atoms with E-state index in [-0.39, 0.29) is 24.8 Å². The van der Waals surface area contributed by atoms with Gasteiger partial charge in [0.2, 0.25) is 5.91 Å². The second-order valence-corrected chi connectivity index (χ2v) is 6.23. The molecule has 2 N–H and O–H groups in total. The van der Waals surface area contributed by atoms with Crippen LogP contribution < -0.4 is 20.1 Å². The van der Waals surface area contributed by atoms with Crippen LogP contribution in [-0.4, -0.2) is 76.9 Å². The van der Waals surface area contributed by atoms with E-state index in [9.17, 15) is 9.59 Å². The summed E-state index contributed by atoms with van der Waals surface area (Å²) in [5.41, 5.74) is 0.457. The molecule has 1 fully saturated rings. The van der Waals surface area contributed by atoms with Crippen molar-refractivity contribution in [3.63, 3.8) is 0 Å². The van der Waals surface area contributed by atoms with Crippen molar-refractivity contribution in [2.45, 2.75) is 12.8 Å². The molecule has 2 rings (SSSR count). The Bertz CT molecular complexity index is 617. The number of ether oxygens (including phenoxy) is 3. The maximum absolute atomic E-state index is 12.2. The highest BCUT2D eigenvalue weighted by Gasteiger charge is 2.12. The largest absolute Gasteiger partial charge is 0.493 e. The summed E-state index contributed by atoms with van der Waals surface area (Å²) < 4.78 is 15.6. The first-order valence-electron chi connectivity index (χ1n) is 9.21. The van der Waals surface area contributed by atoms with Crippen molar-refractivity contribution in [1.29, 1.82) is 0 Å². The van der Waals surface area contributed by atoms with Crippen LogP contribution >= 0.6 is 0 Å². The van der Waals surface area contributed by atoms with Gasteiger partial charge in [-0.3, -0.25) is 14.5 Å². The van der Waals surface area contributed by atoms with Crippen molar-refractivity contribution in [3.05, 3.63) is 23.8 Å². The van der Waals surface area contributed by atoms with Gasteiger partial charge in [-0.15, -0.1) is 0 Å². The first-order chi connectivity index (χ1) is 13.1. The van der Waals surface area contributed by atoms with E-state index < -0.39 is 0 Å². The zero-order valence-electron chi connectivity index (χ0n) is 16.1. The fourth-order valence-corrected chi connectivity index (χ4v) is 2.81. The second kappa shape index (κ2) is 11.4. The van der Waals surface area contributed by atoms with E-state index in [0.29, 0.717) is 23.6 Å². The van der Waals surface area contributed by atoms with Crippen molar-refractivity contribution in [2.24, 2.45) is 0 Å². The van der Waals surface area contributed by atoms with Gasteiger partial charge in [0, 0.05) is 38.2 Å². The molecule has 0 atom stereocenters. The standard InChI is InChI=1S/C19H29N3O5/c1-25-16-5-4-15(14-17(16)26-2)19(24)21-8-6-18(23)20-7-3-9-22-10-12-27-13-11-22/h4-5,14H,3,6-13H2,1-2H3,(H,20,23)(H,21,24). The van der Waals surface area contributed by atoms with Crippen LogP contribution in [0.3, 0.4) is 0 Å². The molecule has 1 aromatic rings. The molecular weight excluding hydrogens is 350 g/mol. The first kappa shape index (κ1) is 21.0. The minimum atomic E-state index is -0.254. The van der Waals surface area contributed by atoms with Crippen LogP contribution in [0.15, 0.2) is 18.2 Å². The van der Waals surface area contributed by atoms with Gasteiger partial charge in [-0.1, -0.05) is 0 Å². The Balaban J connectivity index is 1.62. The lowest BCUT2D eigenvalue weighted by molar-refractivity contribution is -0.120. The van der Waals surface area contributed by atoms with Gasteiger partial charge in [-0.25, -0.2) is 0 Å². The molecule has 2 amide bonds. The summed E-state index contributed by atoms with van der Waals surface area (Å²) in [6.07, 6.45) is 1.15. The van der Waals surface area contributed by atoms with Gasteiger partial charge in [0.1, 0.15) is 0 Å². The zero-order chi connectivity index (χ0) is 19.5. The molecule has 1 aliphatic rings. The van der Waals surface area contributed by atoms with Gasteiger partial charge >= 0.3 is 0 Å². The number of amides is 2. The Kier molecular flexibility index (Phi) is 8.86. The van der Waals surface area contributed by atoms with Crippen LogP contribution in [0.5, 0.6) is 11.5 Å². The lowest BCUT2D eigenvalue weighted by Gasteiger charge is -2.26. The Hall–Kier alpha value is -2.32. The smallest absolute Gasteiger partial charge is 0.251 e. The molecule has 8 heteroatoms. The van der Waals surface area contributed by atoms with Crippen molar-refractivity contribution < 1.29 is 23.8 Å². The average molecular weight is 379 g/mol. The number of morpholine rings is 1. The SMILES string of the molecule is COc1ccc(C(=O)NCCC(=O)NCCCN2CCOCC2)cc1OC. The Labute approximate surface area is 160 Å². The van der Waals surface area contributed by atoms with Crippen molar-refractivity contribution in [3.8, 4) is 11.5 Å². The quantitative estimate of drug-likeness (QED) is 0.581. The lowest BCUT2D eigenvalue weighted by Crippen LogP contribution is -2.38. The molecule has 1 saturated heterocycles. The molecule has 0 saturated carbocycles. The second-order valence-electron chi connectivity index (χ2n) is 6.23. The lowest BCUT2D eigenvalue weighted by atomic mass is 10.2. The molecule has 0 radical (unpaired) electrons. The third-order valence-corrected chi connectivity index (χ3v) is 4.36. The number of hydrogen-bond donors (Lipinski definition) is 2. The van der Waals surface area contributed by atoms with E-state index in [2.05, 4.69) is 15.5 Å². The predicted octanol–water partition coefficient (Wildman–Crippen LogP) is 0.662. The topological polar surface area (TPSA) is 89.1 Å². The summed E-state index contributed by atoms with van der Waals surface area (Å²) in [5.74, 6) is 0.731. The van der Waals surface area contributed by atoms with E-state index in [0.717, 1.165) is 39.3 Å². The van der Waals surface area contributed by atoms with Crippen LogP contribution in [-0.2, 0) is 9.53 Å². The average Bonchev–Trinajstić information content (AvgIpc) is 2.71. The summed E-state index contributed by atoms with van der Waals surface area (Å²) in [4.78, 5) is 26.4. The van der Waals surface area contributed by atoms with Crippen molar-refractivity contribution >= 4 is 11.8 Å². The molecular formula is C19H29N3O5. The van der Waals surface area contributed by atoms with E-state index in [1.165, 1.54) is 14.2 Å². The minimum Gasteiger partial charge on any atom is -0.493 e. The molecule has 1 aromatic carbocycles. The zero-order valence-corrected chi connectivity index (χ0v) is 16.1. The van der Waals surface area contributed by atoms with Crippen LogP contribution in [0, 0.1) is 0 Å². The van der Waals surface area contributed by atoms with Gasteiger partial charge in [0.15, 0.2) is 11.5 Å². The molecule has 1 heterocycles. The minimum absolute atomic E-state index is 0.0652. The van der Waals surface area contributed by atoms with Gasteiger partial charge in [0.25, 0.3) is 5.91 Å². The van der Waals surface area contributed by atoms with E-state index >= 15 is 0 Å². The number of methoxy groups -OCH3 is 2. The highest BCUT2D eigenvalue weighted by atomic mass is 16.5. The third-order valence-electron chi connectivity index (χ3n) is 4.36. The molecule has 150 valence electrons. The third kappa shape index (κ3) is 7.07. The fraction of sp³-hybridized carbons (Fsp3) is 0.579. The number of rotatable bonds is 10. The van der Waals surface area contributed by atoms with Gasteiger partial charge in [-0.2, -0.15) is 0 Å². The number of nitrogens with one attached hydrogen (secondary N) is 2. The van der Waals surface area contributed by atoms with Crippen LogP contribution in [0.4, 0.5) is 0 Å². The van der Waals surface area contributed by atoms with E-state index in [1.807, 2.05) is 0 Å². The normalized spacial score (nSPS) is 14.4. The van der Waals surface area contributed by atoms with Crippen LogP contribution in [0.2, 0.25) is 0 Å². The van der Waals surface area contributed by atoms with Gasteiger partial charge < -0.3 is 24.8 Å². The van der Waals surface area contributed by atoms with Gasteiger partial charge in [-0.05, 0) is 31.2 Å². The molecule has 8 nitrogen and oxygen atoms in total. The van der Waals surface area contributed by atoms with Crippen molar-refractivity contribution in [2.75, 3.05) is 60.2 Å². The molecule has 0 aliphatic carbocycles. The summed E-state index contributed by atoms with van der Waals surface area (Å²) in [6, 6.07) is 4.94. The number of carbonyl (C=O) groups excluding carboxylic acids is 2. The Morgan fingerprint density at radius 1 is 1.07 bits per heavy atom. The van der Waals surface area contributed by atoms with Crippen LogP contribution in [0.1, 0.15) is 23.2 Å². The van der Waals surface area contributed by atoms with E-state index in [4.69, 9.17) is 14.2 Å². The molecule has 0 spiro atoms. The van der Waals surface area contributed by atoms with Gasteiger partial charge in [0.05, 0.1) is 27.4 Å². The first-order valence-corrected chi connectivity index (χ1v) is 9.21. The molecule has 0 bridgehead atoms. The predicted molar refractivity (Wildman–Crippen MR) is 101 cm³/mol. The maximum Gasteiger partial charge on any atom is 0.251 e. The maximum atomic E-state index is 12.2. The summed E-state index contributed by atoms with van der Waals surface area (Å²) in [6.45, 7) is 5.35. The van der Waals surface area contributed by atoms with E-state index in [1.54, 1.807) is 18.2 Å². The summed E-state index contributed by atoms with van der Waals surface area (Å²) in [5, 5.41) is 5.63. The summed E-state index contributed by atoms with van der Waals surface area (Å²) in [7, 11) is 3.06. The molecule has 27 heavy (non-hydrogen) atoms. The molecule has 1 aliphatic heterocycles. The van der Waals surface area contributed by atoms with Crippen LogP contribution in [0.25, 0.3) is 0 Å². The number of hydrogen-bond acceptors (Lipinski definition) is 6. The Morgan fingerprint density at radius 3 is 2.52 bits per heavy atom. The number of carbonyl (C=O) groups is 2. The highest BCUT2D eigenvalue weighted by Crippen LogP contribution is 2.27. The molecule has 0 unspecified atom stereocenters. The highest BCUT2D eigenvalue weighted by molar-refractivity contribution is 5.95.